The minimum Gasteiger partial charge on any atom is -0.378 e. The Bertz CT molecular complexity index is 243. The van der Waals surface area contributed by atoms with Gasteiger partial charge in [0.25, 0.3) is 0 Å². The number of nitrogens with one attached hydrogen (secondary N) is 1. The van der Waals surface area contributed by atoms with Gasteiger partial charge >= 0.3 is 0 Å². The summed E-state index contributed by atoms with van der Waals surface area (Å²) < 4.78 is 5.64. The normalized spacial score (nSPS) is 36.5. The SMILES string of the molecule is CCOC1CC(N2CCN(C3CNC3)CC2)C1. The van der Waals surface area contributed by atoms with Gasteiger partial charge in [-0.05, 0) is 19.8 Å². The molecule has 1 N–H and O–H groups in total. The largest absolute Gasteiger partial charge is 0.378 e. The predicted octanol–water partition coefficient (Wildman–Crippen LogP) is 0.143. The second kappa shape index (κ2) is 5.22. The number of hydrogen-bond acceptors (Lipinski definition) is 4. The maximum atomic E-state index is 5.64. The van der Waals surface area contributed by atoms with Gasteiger partial charge in [-0.3, -0.25) is 9.80 Å². The first-order valence-corrected chi connectivity index (χ1v) is 7.17. The van der Waals surface area contributed by atoms with Crippen molar-refractivity contribution in [2.45, 2.75) is 38.0 Å². The molecule has 3 rings (SSSR count). The van der Waals surface area contributed by atoms with Crippen molar-refractivity contribution < 1.29 is 4.74 Å². The van der Waals surface area contributed by atoms with E-state index >= 15 is 0 Å². The standard InChI is InChI=1S/C13H25N3O/c1-2-17-13-7-11(8-13)15-3-5-16(6-4-15)12-9-14-10-12/h11-14H,2-10H2,1H3. The van der Waals surface area contributed by atoms with Crippen molar-refractivity contribution in [3.05, 3.63) is 0 Å². The molecule has 17 heavy (non-hydrogen) atoms. The van der Waals surface area contributed by atoms with Crippen LogP contribution in [0.4, 0.5) is 0 Å². The van der Waals surface area contributed by atoms with E-state index in [0.717, 1.165) is 18.7 Å². The molecule has 98 valence electrons. The molecule has 1 saturated carbocycles. The fourth-order valence-corrected chi connectivity index (χ4v) is 3.21. The lowest BCUT2D eigenvalue weighted by molar-refractivity contribution is -0.0605. The van der Waals surface area contributed by atoms with Crippen LogP contribution in [0.3, 0.4) is 0 Å². The summed E-state index contributed by atoms with van der Waals surface area (Å²) in [4.78, 5) is 5.34. The minimum absolute atomic E-state index is 0.555. The highest BCUT2D eigenvalue weighted by atomic mass is 16.5. The van der Waals surface area contributed by atoms with Crippen molar-refractivity contribution in [1.29, 1.82) is 0 Å². The van der Waals surface area contributed by atoms with Crippen LogP contribution in [0.15, 0.2) is 0 Å². The highest BCUT2D eigenvalue weighted by molar-refractivity contribution is 4.93. The van der Waals surface area contributed by atoms with Crippen LogP contribution in [0.5, 0.6) is 0 Å². The van der Waals surface area contributed by atoms with Gasteiger partial charge in [0.05, 0.1) is 6.10 Å². The zero-order valence-electron chi connectivity index (χ0n) is 10.9. The maximum Gasteiger partial charge on any atom is 0.0604 e. The van der Waals surface area contributed by atoms with Gasteiger partial charge in [0.1, 0.15) is 0 Å². The molecule has 0 unspecified atom stereocenters. The molecule has 2 heterocycles. The summed E-state index contributed by atoms with van der Waals surface area (Å²) in [7, 11) is 0. The molecule has 0 atom stereocenters. The zero-order valence-corrected chi connectivity index (χ0v) is 10.9. The van der Waals surface area contributed by atoms with Gasteiger partial charge in [0.2, 0.25) is 0 Å². The Balaban J connectivity index is 1.37. The first-order valence-electron chi connectivity index (χ1n) is 7.17. The summed E-state index contributed by atoms with van der Waals surface area (Å²) in [5, 5.41) is 3.36. The summed E-state index contributed by atoms with van der Waals surface area (Å²) in [5.74, 6) is 0. The topological polar surface area (TPSA) is 27.7 Å². The molecule has 2 aliphatic heterocycles. The molecular weight excluding hydrogens is 214 g/mol. The molecule has 3 aliphatic rings. The highest BCUT2D eigenvalue weighted by Gasteiger charge is 2.36. The average Bonchev–Trinajstić information content (AvgIpc) is 2.22. The van der Waals surface area contributed by atoms with Gasteiger partial charge in [0, 0.05) is 58.0 Å². The van der Waals surface area contributed by atoms with Gasteiger partial charge in [-0.15, -0.1) is 0 Å². The third-order valence-corrected chi connectivity index (χ3v) is 4.61. The van der Waals surface area contributed by atoms with Crippen molar-refractivity contribution in [3.63, 3.8) is 0 Å². The Morgan fingerprint density at radius 1 is 1.00 bits per heavy atom. The summed E-state index contributed by atoms with van der Waals surface area (Å²) in [6.45, 7) is 10.4. The number of nitrogens with zero attached hydrogens (tertiary/aromatic N) is 2. The van der Waals surface area contributed by atoms with Crippen LogP contribution in [0.2, 0.25) is 0 Å². The summed E-state index contributed by atoms with van der Waals surface area (Å²) in [5.41, 5.74) is 0. The lowest BCUT2D eigenvalue weighted by atomic mass is 9.87. The van der Waals surface area contributed by atoms with Crippen LogP contribution in [0.1, 0.15) is 19.8 Å². The van der Waals surface area contributed by atoms with Gasteiger partial charge in [-0.1, -0.05) is 0 Å². The van der Waals surface area contributed by atoms with Crippen LogP contribution in [-0.4, -0.2) is 73.9 Å². The molecule has 2 saturated heterocycles. The van der Waals surface area contributed by atoms with E-state index < -0.39 is 0 Å². The van der Waals surface area contributed by atoms with Crippen LogP contribution < -0.4 is 5.32 Å². The molecule has 0 aromatic heterocycles. The third kappa shape index (κ3) is 2.50. The molecule has 0 bridgehead atoms. The van der Waals surface area contributed by atoms with E-state index in [1.54, 1.807) is 0 Å². The van der Waals surface area contributed by atoms with Crippen molar-refractivity contribution in [1.82, 2.24) is 15.1 Å². The minimum atomic E-state index is 0.555. The van der Waals surface area contributed by atoms with E-state index in [4.69, 9.17) is 4.74 Å². The second-order valence-electron chi connectivity index (χ2n) is 5.59. The van der Waals surface area contributed by atoms with E-state index in [-0.39, 0.29) is 0 Å². The quantitative estimate of drug-likeness (QED) is 0.755. The van der Waals surface area contributed by atoms with E-state index in [0.29, 0.717) is 6.10 Å². The smallest absolute Gasteiger partial charge is 0.0604 e. The zero-order chi connectivity index (χ0) is 11.7. The fraction of sp³-hybridized carbons (Fsp3) is 1.00. The van der Waals surface area contributed by atoms with Gasteiger partial charge in [-0.25, -0.2) is 0 Å². The summed E-state index contributed by atoms with van der Waals surface area (Å²) in [6, 6.07) is 1.64. The Hall–Kier alpha value is -0.160. The Morgan fingerprint density at radius 3 is 2.06 bits per heavy atom. The Labute approximate surface area is 104 Å². The van der Waals surface area contributed by atoms with E-state index in [1.807, 2.05) is 0 Å². The molecule has 0 aromatic rings. The maximum absolute atomic E-state index is 5.64. The average molecular weight is 239 g/mol. The predicted molar refractivity (Wildman–Crippen MR) is 68.2 cm³/mol. The molecule has 0 aromatic carbocycles. The monoisotopic (exact) mass is 239 g/mol. The van der Waals surface area contributed by atoms with Crippen LogP contribution >= 0.6 is 0 Å². The Morgan fingerprint density at radius 2 is 1.59 bits per heavy atom. The second-order valence-corrected chi connectivity index (χ2v) is 5.59. The van der Waals surface area contributed by atoms with Gasteiger partial charge < -0.3 is 10.1 Å². The number of ether oxygens (including phenoxy) is 1. The summed E-state index contributed by atoms with van der Waals surface area (Å²) in [6.07, 6.45) is 3.08. The van der Waals surface area contributed by atoms with E-state index in [9.17, 15) is 0 Å². The molecular formula is C13H25N3O. The van der Waals surface area contributed by atoms with Crippen LogP contribution in [0.25, 0.3) is 0 Å². The van der Waals surface area contributed by atoms with E-state index in [1.165, 1.54) is 52.1 Å². The molecule has 0 spiro atoms. The highest BCUT2D eigenvalue weighted by Crippen LogP contribution is 2.29. The van der Waals surface area contributed by atoms with Crippen LogP contribution in [0, 0.1) is 0 Å². The Kier molecular flexibility index (Phi) is 3.66. The third-order valence-electron chi connectivity index (χ3n) is 4.61. The first-order chi connectivity index (χ1) is 8.36. The number of piperazine rings is 1. The van der Waals surface area contributed by atoms with E-state index in [2.05, 4.69) is 22.0 Å². The number of hydrogen-bond donors (Lipinski definition) is 1. The van der Waals surface area contributed by atoms with Crippen molar-refractivity contribution >= 4 is 0 Å². The molecule has 0 amide bonds. The molecule has 3 fully saturated rings. The molecule has 4 nitrogen and oxygen atoms in total. The van der Waals surface area contributed by atoms with Gasteiger partial charge in [0.15, 0.2) is 0 Å². The van der Waals surface area contributed by atoms with Crippen molar-refractivity contribution in [2.24, 2.45) is 0 Å². The van der Waals surface area contributed by atoms with Crippen LogP contribution in [-0.2, 0) is 4.74 Å². The molecule has 0 radical (unpaired) electrons. The van der Waals surface area contributed by atoms with Crippen molar-refractivity contribution in [3.8, 4) is 0 Å². The first kappa shape index (κ1) is 11.9. The fourth-order valence-electron chi connectivity index (χ4n) is 3.21. The molecule has 4 heteroatoms. The van der Waals surface area contributed by atoms with Crippen molar-refractivity contribution in [2.75, 3.05) is 45.9 Å². The molecule has 1 aliphatic carbocycles. The lowest BCUT2D eigenvalue weighted by Gasteiger charge is -2.48. The number of rotatable bonds is 4. The lowest BCUT2D eigenvalue weighted by Crippen LogP contribution is -2.63. The summed E-state index contributed by atoms with van der Waals surface area (Å²) >= 11 is 0. The van der Waals surface area contributed by atoms with Gasteiger partial charge in [-0.2, -0.15) is 0 Å².